The summed E-state index contributed by atoms with van der Waals surface area (Å²) in [7, 11) is 3.83. The Bertz CT molecular complexity index is 666. The fraction of sp³-hybridized carbons (Fsp3) is 0.133. The average Bonchev–Trinajstić information content (AvgIpc) is 2.47. The third kappa shape index (κ3) is 3.56. The molecule has 0 spiro atoms. The number of carbonyl (C=O) groups excluding carboxylic acids is 1. The van der Waals surface area contributed by atoms with Crippen LogP contribution in [0.2, 0.25) is 0 Å². The SMILES string of the molecule is CN(C)c1ccc(C(=O)Nc2cc(C(=O)O)ccn2)cc1. The molecule has 2 aromatic rings. The van der Waals surface area contributed by atoms with Gasteiger partial charge in [0, 0.05) is 31.5 Å². The zero-order chi connectivity index (χ0) is 15.4. The second kappa shape index (κ2) is 6.04. The lowest BCUT2D eigenvalue weighted by atomic mass is 10.2. The summed E-state index contributed by atoms with van der Waals surface area (Å²) < 4.78 is 0. The van der Waals surface area contributed by atoms with E-state index >= 15 is 0 Å². The van der Waals surface area contributed by atoms with Gasteiger partial charge in [0.1, 0.15) is 5.82 Å². The van der Waals surface area contributed by atoms with Gasteiger partial charge in [-0.15, -0.1) is 0 Å². The van der Waals surface area contributed by atoms with E-state index in [4.69, 9.17) is 5.11 Å². The molecule has 1 aromatic carbocycles. The van der Waals surface area contributed by atoms with Gasteiger partial charge in [-0.1, -0.05) is 0 Å². The maximum absolute atomic E-state index is 12.1. The molecule has 1 heterocycles. The van der Waals surface area contributed by atoms with Crippen molar-refractivity contribution in [1.29, 1.82) is 0 Å². The Kier molecular flexibility index (Phi) is 4.18. The lowest BCUT2D eigenvalue weighted by Crippen LogP contribution is -2.14. The molecule has 6 nitrogen and oxygen atoms in total. The van der Waals surface area contributed by atoms with Gasteiger partial charge in [-0.05, 0) is 36.4 Å². The van der Waals surface area contributed by atoms with Crippen LogP contribution in [0, 0.1) is 0 Å². The van der Waals surface area contributed by atoms with E-state index in [0.29, 0.717) is 5.56 Å². The number of nitrogens with zero attached hydrogens (tertiary/aromatic N) is 2. The number of rotatable bonds is 4. The maximum Gasteiger partial charge on any atom is 0.335 e. The highest BCUT2D eigenvalue weighted by Gasteiger charge is 2.09. The predicted molar refractivity (Wildman–Crippen MR) is 79.9 cm³/mol. The number of aromatic carboxylic acids is 1. The van der Waals surface area contributed by atoms with Gasteiger partial charge in [-0.3, -0.25) is 4.79 Å². The first-order chi connectivity index (χ1) is 9.97. The zero-order valence-corrected chi connectivity index (χ0v) is 11.7. The topological polar surface area (TPSA) is 82.5 Å². The van der Waals surface area contributed by atoms with Gasteiger partial charge in [0.05, 0.1) is 5.56 Å². The number of hydrogen-bond donors (Lipinski definition) is 2. The lowest BCUT2D eigenvalue weighted by Gasteiger charge is -2.12. The molecule has 21 heavy (non-hydrogen) atoms. The number of hydrogen-bond acceptors (Lipinski definition) is 4. The van der Waals surface area contributed by atoms with E-state index in [1.807, 2.05) is 31.1 Å². The molecule has 0 saturated heterocycles. The molecule has 1 aromatic heterocycles. The van der Waals surface area contributed by atoms with E-state index in [2.05, 4.69) is 10.3 Å². The van der Waals surface area contributed by atoms with E-state index in [1.165, 1.54) is 18.3 Å². The van der Waals surface area contributed by atoms with Crippen molar-refractivity contribution in [3.05, 3.63) is 53.7 Å². The van der Waals surface area contributed by atoms with Crippen LogP contribution < -0.4 is 10.2 Å². The Labute approximate surface area is 122 Å². The zero-order valence-electron chi connectivity index (χ0n) is 11.7. The van der Waals surface area contributed by atoms with Gasteiger partial charge in [-0.25, -0.2) is 9.78 Å². The van der Waals surface area contributed by atoms with E-state index in [0.717, 1.165) is 5.69 Å². The highest BCUT2D eigenvalue weighted by atomic mass is 16.4. The molecule has 6 heteroatoms. The van der Waals surface area contributed by atoms with Crippen molar-refractivity contribution in [2.24, 2.45) is 0 Å². The summed E-state index contributed by atoms with van der Waals surface area (Å²) in [4.78, 5) is 28.8. The van der Waals surface area contributed by atoms with Crippen molar-refractivity contribution < 1.29 is 14.7 Å². The van der Waals surface area contributed by atoms with Crippen molar-refractivity contribution in [2.75, 3.05) is 24.3 Å². The van der Waals surface area contributed by atoms with Gasteiger partial charge < -0.3 is 15.3 Å². The van der Waals surface area contributed by atoms with Crippen molar-refractivity contribution in [2.45, 2.75) is 0 Å². The Morgan fingerprint density at radius 1 is 1.10 bits per heavy atom. The third-order valence-electron chi connectivity index (χ3n) is 2.89. The average molecular weight is 285 g/mol. The standard InChI is InChI=1S/C15H15N3O3/c1-18(2)12-5-3-10(4-6-12)14(19)17-13-9-11(15(20)21)7-8-16-13/h3-9H,1-2H3,(H,20,21)(H,16,17,19). The van der Waals surface area contributed by atoms with Gasteiger partial charge in [0.25, 0.3) is 5.91 Å². The molecule has 2 rings (SSSR count). The summed E-state index contributed by atoms with van der Waals surface area (Å²) in [6.45, 7) is 0. The number of carbonyl (C=O) groups is 2. The van der Waals surface area contributed by atoms with Crippen LogP contribution >= 0.6 is 0 Å². The van der Waals surface area contributed by atoms with E-state index in [-0.39, 0.29) is 17.3 Å². The van der Waals surface area contributed by atoms with Crippen LogP contribution in [0.3, 0.4) is 0 Å². The molecule has 0 fully saturated rings. The maximum atomic E-state index is 12.1. The molecule has 0 aliphatic carbocycles. The third-order valence-corrected chi connectivity index (χ3v) is 2.89. The highest BCUT2D eigenvalue weighted by Crippen LogP contribution is 2.14. The monoisotopic (exact) mass is 285 g/mol. The molecule has 0 bridgehead atoms. The number of benzene rings is 1. The minimum absolute atomic E-state index is 0.0725. The summed E-state index contributed by atoms with van der Waals surface area (Å²) in [5, 5.41) is 11.5. The number of amides is 1. The van der Waals surface area contributed by atoms with Crippen LogP contribution in [-0.2, 0) is 0 Å². The number of aromatic nitrogens is 1. The minimum atomic E-state index is -1.07. The van der Waals surface area contributed by atoms with E-state index in [1.54, 1.807) is 12.1 Å². The van der Waals surface area contributed by atoms with Gasteiger partial charge in [0.2, 0.25) is 0 Å². The van der Waals surface area contributed by atoms with E-state index < -0.39 is 5.97 Å². The molecule has 0 saturated carbocycles. The summed E-state index contributed by atoms with van der Waals surface area (Å²) in [5.41, 5.74) is 1.53. The Morgan fingerprint density at radius 3 is 2.33 bits per heavy atom. The van der Waals surface area contributed by atoms with Gasteiger partial charge in [0.15, 0.2) is 0 Å². The van der Waals surface area contributed by atoms with Crippen molar-refractivity contribution in [3.8, 4) is 0 Å². The lowest BCUT2D eigenvalue weighted by molar-refractivity contribution is 0.0696. The van der Waals surface area contributed by atoms with Crippen molar-refractivity contribution in [1.82, 2.24) is 4.98 Å². The molecule has 0 aliphatic rings. The fourth-order valence-electron chi connectivity index (χ4n) is 1.73. The quantitative estimate of drug-likeness (QED) is 0.899. The molecule has 2 N–H and O–H groups in total. The Hall–Kier alpha value is -2.89. The molecule has 0 unspecified atom stereocenters. The molecule has 1 amide bonds. The van der Waals surface area contributed by atoms with E-state index in [9.17, 15) is 9.59 Å². The Morgan fingerprint density at radius 2 is 1.76 bits per heavy atom. The minimum Gasteiger partial charge on any atom is -0.478 e. The molecule has 0 radical (unpaired) electrons. The molecular formula is C15H15N3O3. The number of carboxylic acid groups (broad SMARTS) is 1. The summed E-state index contributed by atoms with van der Waals surface area (Å²) in [6, 6.07) is 9.74. The summed E-state index contributed by atoms with van der Waals surface area (Å²) in [5.74, 6) is -1.20. The highest BCUT2D eigenvalue weighted by molar-refractivity contribution is 6.04. The van der Waals surface area contributed by atoms with Crippen molar-refractivity contribution in [3.63, 3.8) is 0 Å². The molecule has 0 aliphatic heterocycles. The number of nitrogens with one attached hydrogen (secondary N) is 1. The second-order valence-corrected chi connectivity index (χ2v) is 4.63. The largest absolute Gasteiger partial charge is 0.478 e. The van der Waals surface area contributed by atoms with Crippen molar-refractivity contribution >= 4 is 23.4 Å². The number of pyridine rings is 1. The predicted octanol–water partition coefficient (Wildman–Crippen LogP) is 2.10. The first-order valence-corrected chi connectivity index (χ1v) is 6.25. The normalized spacial score (nSPS) is 10.0. The summed E-state index contributed by atoms with van der Waals surface area (Å²) in [6.07, 6.45) is 1.34. The Balaban J connectivity index is 2.14. The van der Waals surface area contributed by atoms with Gasteiger partial charge in [-0.2, -0.15) is 0 Å². The van der Waals surface area contributed by atoms with Crippen LogP contribution in [-0.4, -0.2) is 36.1 Å². The number of anilines is 2. The second-order valence-electron chi connectivity index (χ2n) is 4.63. The number of carboxylic acids is 1. The van der Waals surface area contributed by atoms with Crippen LogP contribution in [0.5, 0.6) is 0 Å². The smallest absolute Gasteiger partial charge is 0.335 e. The first-order valence-electron chi connectivity index (χ1n) is 6.25. The van der Waals surface area contributed by atoms with Crippen LogP contribution in [0.4, 0.5) is 11.5 Å². The molecule has 0 atom stereocenters. The molecular weight excluding hydrogens is 270 g/mol. The van der Waals surface area contributed by atoms with Gasteiger partial charge >= 0.3 is 5.97 Å². The van der Waals surface area contributed by atoms with Crippen LogP contribution in [0.25, 0.3) is 0 Å². The first kappa shape index (κ1) is 14.5. The fourth-order valence-corrected chi connectivity index (χ4v) is 1.73. The van der Waals surface area contributed by atoms with Crippen LogP contribution in [0.1, 0.15) is 20.7 Å². The molecule has 108 valence electrons. The van der Waals surface area contributed by atoms with Crippen LogP contribution in [0.15, 0.2) is 42.6 Å². The summed E-state index contributed by atoms with van der Waals surface area (Å²) >= 11 is 0.